The summed E-state index contributed by atoms with van der Waals surface area (Å²) in [6.45, 7) is 5.16. The molecule has 0 aromatic heterocycles. The van der Waals surface area contributed by atoms with Gasteiger partial charge in [0.1, 0.15) is 0 Å². The third-order valence-corrected chi connectivity index (χ3v) is 5.31. The van der Waals surface area contributed by atoms with Crippen LogP contribution in [0.3, 0.4) is 0 Å². The minimum atomic E-state index is 0.215. The monoisotopic (exact) mass is 316 g/mol. The highest BCUT2D eigenvalue weighted by Crippen LogP contribution is 2.33. The number of Topliss-reactive ketones (excluding diaryl/α,β-unsaturated/α-hetero) is 1. The second kappa shape index (κ2) is 8.04. The molecule has 1 aliphatic carbocycles. The average Bonchev–Trinajstić information content (AvgIpc) is 3.11. The van der Waals surface area contributed by atoms with E-state index < -0.39 is 0 Å². The molecule has 0 spiro atoms. The van der Waals surface area contributed by atoms with Crippen LogP contribution in [0.5, 0.6) is 0 Å². The number of carbonyl (C=O) groups excluding carboxylic acids is 1. The molecule has 23 heavy (non-hydrogen) atoms. The van der Waals surface area contributed by atoms with Gasteiger partial charge in [-0.25, -0.2) is 0 Å². The van der Waals surface area contributed by atoms with Crippen LogP contribution in [0.1, 0.15) is 47.5 Å². The van der Waals surface area contributed by atoms with E-state index in [9.17, 15) is 4.79 Å². The molecular weight excluding hydrogens is 288 g/mol. The van der Waals surface area contributed by atoms with Crippen molar-refractivity contribution < 1.29 is 9.90 Å². The van der Waals surface area contributed by atoms with E-state index >= 15 is 0 Å². The number of carbonyl (C=O) groups is 1. The van der Waals surface area contributed by atoms with Gasteiger partial charge in [0, 0.05) is 38.3 Å². The largest absolute Gasteiger partial charge is 0.395 e. The van der Waals surface area contributed by atoms with Crippen molar-refractivity contribution in [1.29, 1.82) is 0 Å². The van der Waals surface area contributed by atoms with E-state index in [1.807, 2.05) is 12.1 Å². The average molecular weight is 316 g/mol. The van der Waals surface area contributed by atoms with Crippen molar-refractivity contribution in [2.24, 2.45) is 0 Å². The SMILES string of the molecule is O=C(CN1CCN(CCO)CC1)c1ccc(C2CCCC2)cc1. The van der Waals surface area contributed by atoms with Crippen LogP contribution in [-0.4, -0.2) is 66.6 Å². The zero-order chi connectivity index (χ0) is 16.1. The molecule has 1 aliphatic heterocycles. The second-order valence-electron chi connectivity index (χ2n) is 6.87. The van der Waals surface area contributed by atoms with Crippen LogP contribution in [0.2, 0.25) is 0 Å². The van der Waals surface area contributed by atoms with E-state index in [1.165, 1.54) is 31.2 Å². The lowest BCUT2D eigenvalue weighted by atomic mass is 9.96. The Hall–Kier alpha value is -1.23. The van der Waals surface area contributed by atoms with Crippen LogP contribution in [0.4, 0.5) is 0 Å². The van der Waals surface area contributed by atoms with Gasteiger partial charge in [-0.15, -0.1) is 0 Å². The van der Waals surface area contributed by atoms with E-state index in [2.05, 4.69) is 21.9 Å². The lowest BCUT2D eigenvalue weighted by Gasteiger charge is -2.33. The Morgan fingerprint density at radius 3 is 2.22 bits per heavy atom. The zero-order valence-corrected chi connectivity index (χ0v) is 13.9. The summed E-state index contributed by atoms with van der Waals surface area (Å²) in [4.78, 5) is 16.9. The molecule has 4 heteroatoms. The third-order valence-electron chi connectivity index (χ3n) is 5.31. The van der Waals surface area contributed by atoms with Gasteiger partial charge in [0.05, 0.1) is 13.2 Å². The van der Waals surface area contributed by atoms with E-state index in [0.717, 1.165) is 38.3 Å². The van der Waals surface area contributed by atoms with Gasteiger partial charge >= 0.3 is 0 Å². The van der Waals surface area contributed by atoms with Crippen molar-refractivity contribution >= 4 is 5.78 Å². The number of ketones is 1. The molecule has 0 atom stereocenters. The first-order valence-corrected chi connectivity index (χ1v) is 8.95. The minimum Gasteiger partial charge on any atom is -0.395 e. The smallest absolute Gasteiger partial charge is 0.176 e. The van der Waals surface area contributed by atoms with Crippen LogP contribution < -0.4 is 0 Å². The Morgan fingerprint density at radius 1 is 1.00 bits per heavy atom. The first kappa shape index (κ1) is 16.6. The van der Waals surface area contributed by atoms with Crippen LogP contribution >= 0.6 is 0 Å². The molecule has 1 saturated heterocycles. The molecule has 0 bridgehead atoms. The number of rotatable bonds is 6. The van der Waals surface area contributed by atoms with E-state index in [0.29, 0.717) is 12.5 Å². The number of β-amino-alcohol motifs (C(OH)–C–C–N with tert-alkyl or cyclic N) is 1. The standard InChI is InChI=1S/C19H28N2O2/c22-14-13-20-9-11-21(12-10-20)15-19(23)18-7-5-17(6-8-18)16-3-1-2-4-16/h5-8,16,22H,1-4,9-15H2. The number of piperazine rings is 1. The molecule has 2 fully saturated rings. The fraction of sp³-hybridized carbons (Fsp3) is 0.632. The minimum absolute atomic E-state index is 0.215. The van der Waals surface area contributed by atoms with E-state index in [4.69, 9.17) is 5.11 Å². The summed E-state index contributed by atoms with van der Waals surface area (Å²) in [5, 5.41) is 8.97. The first-order valence-electron chi connectivity index (χ1n) is 8.95. The van der Waals surface area contributed by atoms with Gasteiger partial charge in [-0.3, -0.25) is 14.6 Å². The highest BCUT2D eigenvalue weighted by atomic mass is 16.3. The van der Waals surface area contributed by atoms with Crippen molar-refractivity contribution in [1.82, 2.24) is 9.80 Å². The highest BCUT2D eigenvalue weighted by Gasteiger charge is 2.20. The molecule has 3 rings (SSSR count). The predicted octanol–water partition coefficient (Wildman–Crippen LogP) is 2.14. The van der Waals surface area contributed by atoms with Crippen LogP contribution in [0.15, 0.2) is 24.3 Å². The van der Waals surface area contributed by atoms with Crippen molar-refractivity contribution in [3.63, 3.8) is 0 Å². The molecule has 1 aromatic rings. The van der Waals surface area contributed by atoms with Gasteiger partial charge in [-0.05, 0) is 24.3 Å². The molecule has 1 saturated carbocycles. The molecule has 1 aromatic carbocycles. The Bertz CT molecular complexity index is 501. The van der Waals surface area contributed by atoms with Crippen LogP contribution in [0, 0.1) is 0 Å². The van der Waals surface area contributed by atoms with Crippen molar-refractivity contribution in [2.45, 2.75) is 31.6 Å². The van der Waals surface area contributed by atoms with E-state index in [1.54, 1.807) is 0 Å². The number of aliphatic hydroxyl groups is 1. The quantitative estimate of drug-likeness (QED) is 0.817. The summed E-state index contributed by atoms with van der Waals surface area (Å²) in [6.07, 6.45) is 5.28. The lowest BCUT2D eigenvalue weighted by Crippen LogP contribution is -2.48. The summed E-state index contributed by atoms with van der Waals surface area (Å²) < 4.78 is 0. The number of nitrogens with zero attached hydrogens (tertiary/aromatic N) is 2. The Labute approximate surface area is 139 Å². The van der Waals surface area contributed by atoms with Gasteiger partial charge in [-0.1, -0.05) is 37.1 Å². The zero-order valence-electron chi connectivity index (χ0n) is 13.9. The molecular formula is C19H28N2O2. The fourth-order valence-electron chi connectivity index (χ4n) is 3.81. The number of hydrogen-bond acceptors (Lipinski definition) is 4. The molecule has 4 nitrogen and oxygen atoms in total. The van der Waals surface area contributed by atoms with Crippen LogP contribution in [0.25, 0.3) is 0 Å². The lowest BCUT2D eigenvalue weighted by molar-refractivity contribution is 0.0822. The summed E-state index contributed by atoms with van der Waals surface area (Å²) in [5.41, 5.74) is 2.24. The first-order chi connectivity index (χ1) is 11.3. The summed E-state index contributed by atoms with van der Waals surface area (Å²) in [7, 11) is 0. The van der Waals surface area contributed by atoms with Gasteiger partial charge in [-0.2, -0.15) is 0 Å². The summed E-state index contributed by atoms with van der Waals surface area (Å²) in [6, 6.07) is 8.33. The van der Waals surface area contributed by atoms with Crippen molar-refractivity contribution in [3.05, 3.63) is 35.4 Å². The fourth-order valence-corrected chi connectivity index (χ4v) is 3.81. The van der Waals surface area contributed by atoms with Crippen LogP contribution in [-0.2, 0) is 0 Å². The van der Waals surface area contributed by atoms with Gasteiger partial charge < -0.3 is 5.11 Å². The molecule has 126 valence electrons. The van der Waals surface area contributed by atoms with Crippen molar-refractivity contribution in [3.8, 4) is 0 Å². The number of hydrogen-bond donors (Lipinski definition) is 1. The topological polar surface area (TPSA) is 43.8 Å². The molecule has 2 aliphatic rings. The van der Waals surface area contributed by atoms with Gasteiger partial charge in [0.25, 0.3) is 0 Å². The maximum Gasteiger partial charge on any atom is 0.176 e. The normalized spacial score (nSPS) is 20.9. The van der Waals surface area contributed by atoms with Gasteiger partial charge in [0.15, 0.2) is 5.78 Å². The maximum atomic E-state index is 12.5. The summed E-state index contributed by atoms with van der Waals surface area (Å²) >= 11 is 0. The maximum absolute atomic E-state index is 12.5. The number of benzene rings is 1. The second-order valence-corrected chi connectivity index (χ2v) is 6.87. The summed E-state index contributed by atoms with van der Waals surface area (Å²) in [5.74, 6) is 0.928. The van der Waals surface area contributed by atoms with Gasteiger partial charge in [0.2, 0.25) is 0 Å². The third kappa shape index (κ3) is 4.40. The Morgan fingerprint density at radius 2 is 1.61 bits per heavy atom. The molecule has 1 N–H and O–H groups in total. The van der Waals surface area contributed by atoms with Crippen molar-refractivity contribution in [2.75, 3.05) is 45.9 Å². The molecule has 0 unspecified atom stereocenters. The molecule has 0 radical (unpaired) electrons. The molecule has 1 heterocycles. The Balaban J connectivity index is 1.50. The van der Waals surface area contributed by atoms with E-state index in [-0.39, 0.29) is 12.4 Å². The molecule has 0 amide bonds. The Kier molecular flexibility index (Phi) is 5.81. The number of aliphatic hydroxyl groups excluding tert-OH is 1. The highest BCUT2D eigenvalue weighted by molar-refractivity contribution is 5.97. The predicted molar refractivity (Wildman–Crippen MR) is 91.9 cm³/mol.